The van der Waals surface area contributed by atoms with Crippen molar-refractivity contribution < 1.29 is 9.53 Å². The molecule has 0 radical (unpaired) electrons. The van der Waals surface area contributed by atoms with Gasteiger partial charge in [-0.3, -0.25) is 4.79 Å². The number of hydrogen-bond donors (Lipinski definition) is 1. The van der Waals surface area contributed by atoms with Gasteiger partial charge >= 0.3 is 0 Å². The van der Waals surface area contributed by atoms with Crippen molar-refractivity contribution in [1.82, 2.24) is 0 Å². The first kappa shape index (κ1) is 13.0. The molecule has 1 aliphatic heterocycles. The molecule has 102 valence electrons. The van der Waals surface area contributed by atoms with E-state index < -0.39 is 0 Å². The number of nitrogens with two attached hydrogens (primary N) is 1. The Labute approximate surface area is 125 Å². The molecule has 5 heteroatoms. The van der Waals surface area contributed by atoms with Gasteiger partial charge in [-0.05, 0) is 30.3 Å². The van der Waals surface area contributed by atoms with Gasteiger partial charge in [0.1, 0.15) is 12.4 Å². The van der Waals surface area contributed by atoms with E-state index in [1.54, 1.807) is 17.0 Å². The number of carbonyl (C=O) groups excluding carboxylic acids is 1. The van der Waals surface area contributed by atoms with Crippen molar-refractivity contribution in [3.05, 3.63) is 52.5 Å². The number of fused-ring (bicyclic) bond motifs is 1. The van der Waals surface area contributed by atoms with Crippen molar-refractivity contribution in [1.29, 1.82) is 0 Å². The third-order valence-electron chi connectivity index (χ3n) is 3.22. The number of nitrogens with zero attached hydrogens (tertiary/aromatic N) is 1. The van der Waals surface area contributed by atoms with Crippen LogP contribution in [0.25, 0.3) is 0 Å². The molecule has 0 atom stereocenters. The van der Waals surface area contributed by atoms with Crippen molar-refractivity contribution in [2.24, 2.45) is 0 Å². The summed E-state index contributed by atoms with van der Waals surface area (Å²) in [4.78, 5) is 14.4. The Bertz CT molecular complexity index is 673. The smallest absolute Gasteiger partial charge is 0.260 e. The maximum absolute atomic E-state index is 12.7. The number of halogens is 1. The van der Waals surface area contributed by atoms with Gasteiger partial charge in [0.25, 0.3) is 5.91 Å². The largest absolute Gasteiger partial charge is 0.490 e. The van der Waals surface area contributed by atoms with E-state index in [9.17, 15) is 4.79 Å². The number of ether oxygens (including phenoxy) is 1. The third kappa shape index (κ3) is 2.25. The Morgan fingerprint density at radius 1 is 1.25 bits per heavy atom. The molecular weight excluding hydrogens is 320 g/mol. The zero-order valence-corrected chi connectivity index (χ0v) is 12.3. The highest BCUT2D eigenvalue weighted by atomic mass is 79.9. The fourth-order valence-electron chi connectivity index (χ4n) is 2.25. The number of para-hydroxylation sites is 2. The van der Waals surface area contributed by atoms with E-state index in [-0.39, 0.29) is 5.91 Å². The summed E-state index contributed by atoms with van der Waals surface area (Å²) in [7, 11) is 0. The Morgan fingerprint density at radius 2 is 2.05 bits per heavy atom. The predicted octanol–water partition coefficient (Wildman–Crippen LogP) is 3.07. The van der Waals surface area contributed by atoms with Gasteiger partial charge < -0.3 is 15.4 Å². The molecule has 1 heterocycles. The van der Waals surface area contributed by atoms with Gasteiger partial charge in [-0.2, -0.15) is 0 Å². The van der Waals surface area contributed by atoms with Crippen molar-refractivity contribution in [3.63, 3.8) is 0 Å². The van der Waals surface area contributed by atoms with E-state index in [0.717, 1.165) is 15.9 Å². The summed E-state index contributed by atoms with van der Waals surface area (Å²) in [6, 6.07) is 12.8. The molecule has 20 heavy (non-hydrogen) atoms. The van der Waals surface area contributed by atoms with Crippen LogP contribution in [-0.2, 0) is 0 Å². The lowest BCUT2D eigenvalue weighted by Crippen LogP contribution is -2.38. The Balaban J connectivity index is 2.00. The van der Waals surface area contributed by atoms with Crippen molar-refractivity contribution >= 4 is 33.2 Å². The average molecular weight is 333 g/mol. The summed E-state index contributed by atoms with van der Waals surface area (Å²) in [5.74, 6) is 0.619. The fourth-order valence-corrected chi connectivity index (χ4v) is 2.63. The van der Waals surface area contributed by atoms with Gasteiger partial charge in [0.2, 0.25) is 0 Å². The zero-order chi connectivity index (χ0) is 14.1. The molecule has 2 N–H and O–H groups in total. The third-order valence-corrected chi connectivity index (χ3v) is 3.71. The maximum Gasteiger partial charge on any atom is 0.260 e. The molecule has 4 nitrogen and oxygen atoms in total. The number of hydrogen-bond acceptors (Lipinski definition) is 3. The van der Waals surface area contributed by atoms with Gasteiger partial charge in [-0.15, -0.1) is 0 Å². The number of nitrogen functional groups attached to an aromatic ring is 1. The van der Waals surface area contributed by atoms with Gasteiger partial charge in [0.15, 0.2) is 0 Å². The lowest BCUT2D eigenvalue weighted by molar-refractivity contribution is 0.0977. The minimum atomic E-state index is -0.106. The second kappa shape index (κ2) is 5.17. The Hall–Kier alpha value is -2.01. The fraction of sp³-hybridized carbons (Fsp3) is 0.133. The topological polar surface area (TPSA) is 55.6 Å². The quantitative estimate of drug-likeness (QED) is 0.816. The molecular formula is C15H13BrN2O2. The van der Waals surface area contributed by atoms with Gasteiger partial charge in [0, 0.05) is 10.2 Å². The number of rotatable bonds is 1. The number of anilines is 2. The van der Waals surface area contributed by atoms with Gasteiger partial charge in [-0.25, -0.2) is 0 Å². The van der Waals surface area contributed by atoms with E-state index in [1.807, 2.05) is 30.3 Å². The highest BCUT2D eigenvalue weighted by molar-refractivity contribution is 9.10. The lowest BCUT2D eigenvalue weighted by atomic mass is 10.1. The van der Waals surface area contributed by atoms with Crippen LogP contribution in [0.3, 0.4) is 0 Å². The first-order valence-corrected chi connectivity index (χ1v) is 7.05. The molecule has 0 aromatic heterocycles. The van der Waals surface area contributed by atoms with Crippen LogP contribution in [0.2, 0.25) is 0 Å². The standard InChI is InChI=1S/C15H13BrN2O2/c16-10-5-6-11(12(17)9-10)15(19)18-7-8-20-14-4-2-1-3-13(14)18/h1-6,9H,7-8,17H2. The molecule has 2 aromatic rings. The second-order valence-corrected chi connectivity index (χ2v) is 5.42. The molecule has 0 saturated carbocycles. The van der Waals surface area contributed by atoms with Crippen LogP contribution in [0.15, 0.2) is 46.9 Å². The highest BCUT2D eigenvalue weighted by Crippen LogP contribution is 2.32. The number of carbonyl (C=O) groups is 1. The molecule has 1 aliphatic rings. The Morgan fingerprint density at radius 3 is 2.85 bits per heavy atom. The first-order chi connectivity index (χ1) is 9.66. The van der Waals surface area contributed by atoms with E-state index in [1.165, 1.54) is 0 Å². The van der Waals surface area contributed by atoms with E-state index >= 15 is 0 Å². The molecule has 0 bridgehead atoms. The van der Waals surface area contributed by atoms with E-state index in [0.29, 0.717) is 24.4 Å². The van der Waals surface area contributed by atoms with Crippen LogP contribution in [0.1, 0.15) is 10.4 Å². The van der Waals surface area contributed by atoms with Crippen LogP contribution in [0.4, 0.5) is 11.4 Å². The number of amides is 1. The Kier molecular flexibility index (Phi) is 3.36. The first-order valence-electron chi connectivity index (χ1n) is 6.25. The van der Waals surface area contributed by atoms with Crippen LogP contribution < -0.4 is 15.4 Å². The predicted molar refractivity (Wildman–Crippen MR) is 82.2 cm³/mol. The zero-order valence-electron chi connectivity index (χ0n) is 10.7. The number of benzene rings is 2. The summed E-state index contributed by atoms with van der Waals surface area (Å²) in [6.45, 7) is 1.00. The van der Waals surface area contributed by atoms with E-state index in [2.05, 4.69) is 15.9 Å². The van der Waals surface area contributed by atoms with Crippen LogP contribution in [-0.4, -0.2) is 19.1 Å². The molecule has 0 fully saturated rings. The lowest BCUT2D eigenvalue weighted by Gasteiger charge is -2.29. The molecule has 0 spiro atoms. The van der Waals surface area contributed by atoms with Crippen LogP contribution in [0, 0.1) is 0 Å². The minimum absolute atomic E-state index is 0.106. The minimum Gasteiger partial charge on any atom is -0.490 e. The summed E-state index contributed by atoms with van der Waals surface area (Å²) in [6.07, 6.45) is 0. The summed E-state index contributed by atoms with van der Waals surface area (Å²) >= 11 is 3.34. The van der Waals surface area contributed by atoms with Crippen LogP contribution in [0.5, 0.6) is 5.75 Å². The van der Waals surface area contributed by atoms with Gasteiger partial charge in [0.05, 0.1) is 17.8 Å². The second-order valence-electron chi connectivity index (χ2n) is 4.50. The normalized spacial score (nSPS) is 13.6. The van der Waals surface area contributed by atoms with Gasteiger partial charge in [-0.1, -0.05) is 28.1 Å². The van der Waals surface area contributed by atoms with Crippen LogP contribution >= 0.6 is 15.9 Å². The average Bonchev–Trinajstić information content (AvgIpc) is 2.46. The van der Waals surface area contributed by atoms with Crippen molar-refractivity contribution in [3.8, 4) is 5.75 Å². The van der Waals surface area contributed by atoms with Crippen molar-refractivity contribution in [2.75, 3.05) is 23.8 Å². The summed E-state index contributed by atoms with van der Waals surface area (Å²) in [5, 5.41) is 0. The molecule has 2 aromatic carbocycles. The van der Waals surface area contributed by atoms with E-state index in [4.69, 9.17) is 10.5 Å². The highest BCUT2D eigenvalue weighted by Gasteiger charge is 2.25. The monoisotopic (exact) mass is 332 g/mol. The molecule has 0 saturated heterocycles. The summed E-state index contributed by atoms with van der Waals surface area (Å²) < 4.78 is 6.41. The molecule has 0 aliphatic carbocycles. The molecule has 1 amide bonds. The molecule has 0 unspecified atom stereocenters. The molecule has 3 rings (SSSR count). The maximum atomic E-state index is 12.7. The van der Waals surface area contributed by atoms with Crippen molar-refractivity contribution in [2.45, 2.75) is 0 Å². The summed E-state index contributed by atoms with van der Waals surface area (Å²) in [5.41, 5.74) is 7.69. The SMILES string of the molecule is Nc1cc(Br)ccc1C(=O)N1CCOc2ccccc21.